The van der Waals surface area contributed by atoms with E-state index in [2.05, 4.69) is 10.5 Å². The second-order valence-corrected chi connectivity index (χ2v) is 6.12. The lowest BCUT2D eigenvalue weighted by molar-refractivity contribution is 0.0734. The van der Waals surface area contributed by atoms with Gasteiger partial charge >= 0.3 is 5.97 Å². The third-order valence-electron chi connectivity index (χ3n) is 3.68. The van der Waals surface area contributed by atoms with Crippen LogP contribution in [-0.4, -0.2) is 23.2 Å². The number of ether oxygens (including phenoxy) is 1. The van der Waals surface area contributed by atoms with Crippen molar-refractivity contribution in [2.24, 2.45) is 5.10 Å². The summed E-state index contributed by atoms with van der Waals surface area (Å²) < 4.78 is 5.33. The van der Waals surface area contributed by atoms with Crippen molar-refractivity contribution in [3.05, 3.63) is 94.5 Å². The molecule has 3 aromatic carbocycles. The van der Waals surface area contributed by atoms with Crippen LogP contribution in [0.25, 0.3) is 0 Å². The van der Waals surface area contributed by atoms with E-state index in [4.69, 9.17) is 16.3 Å². The molecule has 0 unspecified atom stereocenters. The predicted octanol–water partition coefficient (Wildman–Crippen LogP) is 4.03. The minimum atomic E-state index is -0.542. The van der Waals surface area contributed by atoms with E-state index in [0.717, 1.165) is 0 Å². The van der Waals surface area contributed by atoms with Gasteiger partial charge in [0.15, 0.2) is 0 Å². The molecular weight excluding hydrogens is 380 g/mol. The van der Waals surface area contributed by atoms with Crippen LogP contribution in [0.5, 0.6) is 11.5 Å². The monoisotopic (exact) mass is 394 g/mol. The van der Waals surface area contributed by atoms with Crippen LogP contribution in [0, 0.1) is 0 Å². The molecule has 6 nitrogen and oxygen atoms in total. The number of esters is 1. The minimum absolute atomic E-state index is 0.116. The van der Waals surface area contributed by atoms with E-state index in [9.17, 15) is 14.7 Å². The summed E-state index contributed by atoms with van der Waals surface area (Å²) in [6.07, 6.45) is 1.40. The van der Waals surface area contributed by atoms with Gasteiger partial charge in [0.2, 0.25) is 0 Å². The largest absolute Gasteiger partial charge is 0.507 e. The van der Waals surface area contributed by atoms with Gasteiger partial charge in [-0.05, 0) is 54.1 Å². The number of halogens is 1. The molecule has 7 heteroatoms. The van der Waals surface area contributed by atoms with Crippen molar-refractivity contribution < 1.29 is 19.4 Å². The first kappa shape index (κ1) is 19.1. The minimum Gasteiger partial charge on any atom is -0.507 e. The quantitative estimate of drug-likeness (QED) is 0.296. The fourth-order valence-electron chi connectivity index (χ4n) is 2.30. The standard InChI is InChI=1S/C21H15ClN2O4/c22-16-10-8-15(9-11-16)21(27)28-17-5-3-4-14(12-17)13-23-24-20(26)18-6-1-2-7-19(18)25/h1-13,25H,(H,24,26). The van der Waals surface area contributed by atoms with Crippen molar-refractivity contribution in [2.75, 3.05) is 0 Å². The zero-order chi connectivity index (χ0) is 19.9. The van der Waals surface area contributed by atoms with E-state index in [1.807, 2.05) is 0 Å². The SMILES string of the molecule is O=C(Oc1cccc(C=NNC(=O)c2ccccc2O)c1)c1ccc(Cl)cc1. The molecule has 0 saturated heterocycles. The van der Waals surface area contributed by atoms with Gasteiger partial charge in [-0.15, -0.1) is 0 Å². The van der Waals surface area contributed by atoms with Gasteiger partial charge in [0, 0.05) is 5.02 Å². The molecule has 0 aliphatic rings. The fourth-order valence-corrected chi connectivity index (χ4v) is 2.43. The molecular formula is C21H15ClN2O4. The van der Waals surface area contributed by atoms with Crippen molar-refractivity contribution in [3.63, 3.8) is 0 Å². The highest BCUT2D eigenvalue weighted by Gasteiger charge is 2.10. The topological polar surface area (TPSA) is 88.0 Å². The Labute approximate surface area is 166 Å². The maximum absolute atomic E-state index is 12.1. The van der Waals surface area contributed by atoms with E-state index in [1.54, 1.807) is 60.7 Å². The van der Waals surface area contributed by atoms with E-state index >= 15 is 0 Å². The summed E-state index contributed by atoms with van der Waals surface area (Å²) in [6, 6.07) is 19.2. The van der Waals surface area contributed by atoms with E-state index < -0.39 is 11.9 Å². The Hall–Kier alpha value is -3.64. The van der Waals surface area contributed by atoms with Gasteiger partial charge in [0.1, 0.15) is 11.5 Å². The Bertz CT molecular complexity index is 1030. The number of rotatable bonds is 5. The number of amides is 1. The Balaban J connectivity index is 1.63. The number of nitrogens with zero attached hydrogens (tertiary/aromatic N) is 1. The summed E-state index contributed by atoms with van der Waals surface area (Å²) in [5.41, 5.74) is 3.43. The number of hydrogen-bond donors (Lipinski definition) is 2. The predicted molar refractivity (Wildman–Crippen MR) is 106 cm³/mol. The molecule has 3 rings (SSSR count). The summed E-state index contributed by atoms with van der Waals surface area (Å²) in [7, 11) is 0. The van der Waals surface area contributed by atoms with Crippen LogP contribution in [0.15, 0.2) is 77.9 Å². The molecule has 0 fully saturated rings. The second kappa shape index (κ2) is 8.83. The molecule has 0 bridgehead atoms. The van der Waals surface area contributed by atoms with Gasteiger partial charge in [-0.25, -0.2) is 10.2 Å². The van der Waals surface area contributed by atoms with Crippen molar-refractivity contribution in [3.8, 4) is 11.5 Å². The van der Waals surface area contributed by atoms with Crippen LogP contribution in [0.3, 0.4) is 0 Å². The highest BCUT2D eigenvalue weighted by atomic mass is 35.5. The van der Waals surface area contributed by atoms with Crippen LogP contribution < -0.4 is 10.2 Å². The summed E-state index contributed by atoms with van der Waals surface area (Å²) in [5, 5.41) is 14.0. The normalized spacial score (nSPS) is 10.6. The molecule has 0 spiro atoms. The number of nitrogens with one attached hydrogen (secondary N) is 1. The number of aromatic hydroxyl groups is 1. The number of benzene rings is 3. The molecule has 0 atom stereocenters. The molecule has 0 aliphatic carbocycles. The molecule has 140 valence electrons. The highest BCUT2D eigenvalue weighted by Crippen LogP contribution is 2.17. The summed E-state index contributed by atoms with van der Waals surface area (Å²) in [4.78, 5) is 24.1. The first-order valence-electron chi connectivity index (χ1n) is 8.22. The molecule has 0 saturated carbocycles. The molecule has 28 heavy (non-hydrogen) atoms. The third-order valence-corrected chi connectivity index (χ3v) is 3.93. The number of carbonyl (C=O) groups excluding carboxylic acids is 2. The van der Waals surface area contributed by atoms with Crippen LogP contribution in [-0.2, 0) is 0 Å². The Kier molecular flexibility index (Phi) is 6.04. The fraction of sp³-hybridized carbons (Fsp3) is 0. The van der Waals surface area contributed by atoms with Crippen molar-refractivity contribution in [2.45, 2.75) is 0 Å². The van der Waals surface area contributed by atoms with E-state index in [1.165, 1.54) is 18.3 Å². The molecule has 2 N–H and O–H groups in total. The van der Waals surface area contributed by atoms with Gasteiger partial charge in [-0.2, -0.15) is 5.10 Å². The Morgan fingerprint density at radius 2 is 1.75 bits per heavy atom. The van der Waals surface area contributed by atoms with E-state index in [0.29, 0.717) is 21.9 Å². The van der Waals surface area contributed by atoms with Crippen molar-refractivity contribution in [1.82, 2.24) is 5.43 Å². The zero-order valence-corrected chi connectivity index (χ0v) is 15.3. The number of hydrazone groups is 1. The lowest BCUT2D eigenvalue weighted by Crippen LogP contribution is -2.17. The molecule has 3 aromatic rings. The van der Waals surface area contributed by atoms with Gasteiger partial charge in [-0.3, -0.25) is 4.79 Å². The average molecular weight is 395 g/mol. The molecule has 1 amide bonds. The zero-order valence-electron chi connectivity index (χ0n) is 14.5. The number of hydrogen-bond acceptors (Lipinski definition) is 5. The van der Waals surface area contributed by atoms with Gasteiger partial charge < -0.3 is 9.84 Å². The van der Waals surface area contributed by atoms with Crippen LogP contribution in [0.2, 0.25) is 5.02 Å². The summed E-state index contributed by atoms with van der Waals surface area (Å²) in [6.45, 7) is 0. The maximum atomic E-state index is 12.1. The van der Waals surface area contributed by atoms with Gasteiger partial charge in [0.05, 0.1) is 17.3 Å². The lowest BCUT2D eigenvalue weighted by Gasteiger charge is -2.05. The number of phenols is 1. The molecule has 0 heterocycles. The third kappa shape index (κ3) is 4.96. The Morgan fingerprint density at radius 3 is 2.50 bits per heavy atom. The van der Waals surface area contributed by atoms with E-state index in [-0.39, 0.29) is 11.3 Å². The molecule has 0 aliphatic heterocycles. The van der Waals surface area contributed by atoms with Gasteiger partial charge in [-0.1, -0.05) is 35.9 Å². The number of carbonyl (C=O) groups is 2. The van der Waals surface area contributed by atoms with Crippen molar-refractivity contribution >= 4 is 29.7 Å². The number of phenolic OH excluding ortho intramolecular Hbond substituents is 1. The number of para-hydroxylation sites is 1. The molecule has 0 aromatic heterocycles. The first-order valence-corrected chi connectivity index (χ1v) is 8.60. The van der Waals surface area contributed by atoms with Gasteiger partial charge in [0.25, 0.3) is 5.91 Å². The molecule has 0 radical (unpaired) electrons. The summed E-state index contributed by atoms with van der Waals surface area (Å²) in [5.74, 6) is -0.861. The summed E-state index contributed by atoms with van der Waals surface area (Å²) >= 11 is 5.81. The highest BCUT2D eigenvalue weighted by molar-refractivity contribution is 6.30. The van der Waals surface area contributed by atoms with Crippen LogP contribution >= 0.6 is 11.6 Å². The average Bonchev–Trinajstić information content (AvgIpc) is 2.69. The Morgan fingerprint density at radius 1 is 1.00 bits per heavy atom. The second-order valence-electron chi connectivity index (χ2n) is 5.69. The van der Waals surface area contributed by atoms with Crippen LogP contribution in [0.4, 0.5) is 0 Å². The lowest BCUT2D eigenvalue weighted by atomic mass is 10.2. The maximum Gasteiger partial charge on any atom is 0.343 e. The smallest absolute Gasteiger partial charge is 0.343 e. The van der Waals surface area contributed by atoms with Crippen LogP contribution in [0.1, 0.15) is 26.3 Å². The van der Waals surface area contributed by atoms with Crippen molar-refractivity contribution in [1.29, 1.82) is 0 Å². The first-order chi connectivity index (χ1) is 13.5.